The maximum Gasteiger partial charge on any atom is 1.00 e. The predicted molar refractivity (Wildman–Crippen MR) is 83.5 cm³/mol. The van der Waals surface area contributed by atoms with Crippen molar-refractivity contribution < 1.29 is 49.0 Å². The number of nitrogens with one attached hydrogen (secondary N) is 1. The van der Waals surface area contributed by atoms with Crippen LogP contribution in [0.2, 0.25) is 0 Å². The standard InChI is InChI=1S/C13H12ClN3O4S2.Na/c1-5-15-6(3-22-5)2-8(18)16-9-11(19)17-10(13(20)21)7(14)4-23-12(9)17;/h3,9,12H,2,4H2,1H3,(H,16,18)(H,20,21);/q;+1/p-1/t9-,12+;/m1./s1. The summed E-state index contributed by atoms with van der Waals surface area (Å²) >= 11 is 8.60. The Labute approximate surface area is 173 Å². The molecule has 1 aromatic heterocycles. The Morgan fingerprint density at radius 1 is 1.54 bits per heavy atom. The largest absolute Gasteiger partial charge is 1.00 e. The fourth-order valence-electron chi connectivity index (χ4n) is 2.45. The van der Waals surface area contributed by atoms with Crippen molar-refractivity contribution >= 4 is 52.5 Å². The summed E-state index contributed by atoms with van der Waals surface area (Å²) in [6, 6.07) is -0.758. The van der Waals surface area contributed by atoms with E-state index in [-0.39, 0.29) is 58.4 Å². The van der Waals surface area contributed by atoms with E-state index in [0.717, 1.165) is 9.91 Å². The molecule has 0 aliphatic carbocycles. The smallest absolute Gasteiger partial charge is 0.543 e. The zero-order chi connectivity index (χ0) is 16.7. The molecule has 2 aliphatic heterocycles. The number of carbonyl (C=O) groups excluding carboxylic acids is 3. The van der Waals surface area contributed by atoms with E-state index in [2.05, 4.69) is 10.3 Å². The topological polar surface area (TPSA) is 102 Å². The van der Waals surface area contributed by atoms with Gasteiger partial charge in [-0.15, -0.1) is 23.1 Å². The Morgan fingerprint density at radius 2 is 2.25 bits per heavy atom. The molecule has 2 atom stereocenters. The molecule has 1 N–H and O–H groups in total. The number of hydrogen-bond donors (Lipinski definition) is 1. The van der Waals surface area contributed by atoms with Gasteiger partial charge in [0.15, 0.2) is 0 Å². The first kappa shape index (κ1) is 19.7. The molecule has 1 fully saturated rings. The van der Waals surface area contributed by atoms with E-state index in [1.807, 2.05) is 6.92 Å². The molecule has 7 nitrogen and oxygen atoms in total. The number of halogens is 1. The van der Waals surface area contributed by atoms with Gasteiger partial charge < -0.3 is 15.2 Å². The van der Waals surface area contributed by atoms with Crippen molar-refractivity contribution in [2.24, 2.45) is 0 Å². The Bertz CT molecular complexity index is 739. The summed E-state index contributed by atoms with van der Waals surface area (Å²) in [6.07, 6.45) is 0.0788. The zero-order valence-electron chi connectivity index (χ0n) is 12.9. The van der Waals surface area contributed by atoms with Crippen LogP contribution in [-0.4, -0.2) is 44.8 Å². The number of aromatic nitrogens is 1. The van der Waals surface area contributed by atoms with Gasteiger partial charge in [0.05, 0.1) is 33.8 Å². The van der Waals surface area contributed by atoms with Gasteiger partial charge in [-0.1, -0.05) is 11.6 Å². The number of fused-ring (bicyclic) bond motifs is 1. The van der Waals surface area contributed by atoms with Crippen molar-refractivity contribution in [1.29, 1.82) is 0 Å². The van der Waals surface area contributed by atoms with E-state index >= 15 is 0 Å². The fourth-order valence-corrected chi connectivity index (χ4v) is 4.61. The van der Waals surface area contributed by atoms with Gasteiger partial charge in [-0.3, -0.25) is 14.5 Å². The van der Waals surface area contributed by atoms with E-state index in [1.54, 1.807) is 5.38 Å². The Hall–Kier alpha value is -0.580. The number of carboxylic acid groups (broad SMARTS) is 1. The molecular weight excluding hydrogens is 385 g/mol. The molecule has 3 rings (SSSR count). The molecule has 1 saturated heterocycles. The van der Waals surface area contributed by atoms with Crippen molar-refractivity contribution in [2.45, 2.75) is 24.8 Å². The molecule has 2 amide bonds. The van der Waals surface area contributed by atoms with Crippen LogP contribution in [-0.2, 0) is 20.8 Å². The number of rotatable bonds is 4. The van der Waals surface area contributed by atoms with Crippen LogP contribution >= 0.6 is 34.7 Å². The van der Waals surface area contributed by atoms with Gasteiger partial charge in [0, 0.05) is 11.1 Å². The predicted octanol–water partition coefficient (Wildman–Crippen LogP) is -3.40. The molecule has 1 aromatic rings. The summed E-state index contributed by atoms with van der Waals surface area (Å²) < 4.78 is 0. The van der Waals surface area contributed by atoms with E-state index in [1.165, 1.54) is 23.1 Å². The van der Waals surface area contributed by atoms with Crippen LogP contribution in [0.25, 0.3) is 0 Å². The van der Waals surface area contributed by atoms with Gasteiger partial charge in [-0.2, -0.15) is 0 Å². The summed E-state index contributed by atoms with van der Waals surface area (Å²) in [5.41, 5.74) is 0.337. The SMILES string of the molecule is Cc1nc(CC(=O)N[C@@H]2C(=O)N3C(C(=O)[O-])=C(Cl)CS[C@@H]23)cs1.[Na+]. The minimum absolute atomic E-state index is 0. The molecule has 0 aromatic carbocycles. The number of amides is 2. The summed E-state index contributed by atoms with van der Waals surface area (Å²) in [4.78, 5) is 40.6. The number of carbonyl (C=O) groups is 3. The first-order valence-corrected chi connectivity index (χ1v) is 8.94. The summed E-state index contributed by atoms with van der Waals surface area (Å²) in [5.74, 6) is -2.06. The quantitative estimate of drug-likeness (QED) is 0.421. The van der Waals surface area contributed by atoms with Crippen LogP contribution in [0.3, 0.4) is 0 Å². The first-order valence-electron chi connectivity index (χ1n) is 6.63. The maximum atomic E-state index is 12.1. The van der Waals surface area contributed by atoms with Crippen molar-refractivity contribution in [2.75, 3.05) is 5.75 Å². The van der Waals surface area contributed by atoms with Gasteiger partial charge in [0.2, 0.25) is 5.91 Å². The zero-order valence-corrected chi connectivity index (χ0v) is 17.3. The second-order valence-electron chi connectivity index (χ2n) is 5.03. The van der Waals surface area contributed by atoms with Crippen LogP contribution in [0.4, 0.5) is 0 Å². The Balaban J connectivity index is 0.00000208. The second-order valence-corrected chi connectivity index (χ2v) is 7.65. The van der Waals surface area contributed by atoms with E-state index < -0.39 is 23.3 Å². The average molecular weight is 396 g/mol. The normalized spacial score (nSPS) is 22.4. The van der Waals surface area contributed by atoms with Gasteiger partial charge in [0.1, 0.15) is 11.4 Å². The van der Waals surface area contributed by atoms with Crippen LogP contribution < -0.4 is 40.0 Å². The summed E-state index contributed by atoms with van der Waals surface area (Å²) in [5, 5.41) is 16.0. The number of thiazole rings is 1. The Morgan fingerprint density at radius 3 is 2.83 bits per heavy atom. The molecular formula is C13H11ClN3NaO4S2. The number of β-lactam (4-membered cyclic amide) rings is 1. The number of aryl methyl sites for hydroxylation is 1. The molecule has 11 heteroatoms. The van der Waals surface area contributed by atoms with Crippen molar-refractivity contribution in [3.05, 3.63) is 26.8 Å². The minimum Gasteiger partial charge on any atom is -0.543 e. The third kappa shape index (κ3) is 3.66. The Kier molecular flexibility index (Phi) is 6.38. The third-order valence-electron chi connectivity index (χ3n) is 3.44. The molecule has 0 spiro atoms. The molecule has 0 bridgehead atoms. The number of thioether (sulfide) groups is 1. The van der Waals surface area contributed by atoms with E-state index in [4.69, 9.17) is 11.6 Å². The molecule has 24 heavy (non-hydrogen) atoms. The van der Waals surface area contributed by atoms with Crippen LogP contribution in [0.15, 0.2) is 16.1 Å². The second kappa shape index (κ2) is 7.76. The number of carboxylic acids is 1. The summed E-state index contributed by atoms with van der Waals surface area (Å²) in [6.45, 7) is 1.84. The number of aliphatic carboxylic acids is 1. The van der Waals surface area contributed by atoms with Crippen molar-refractivity contribution in [1.82, 2.24) is 15.2 Å². The van der Waals surface area contributed by atoms with Gasteiger partial charge in [-0.25, -0.2) is 4.98 Å². The molecule has 3 heterocycles. The first-order chi connectivity index (χ1) is 10.9. The van der Waals surface area contributed by atoms with E-state index in [9.17, 15) is 19.5 Å². The molecule has 122 valence electrons. The summed E-state index contributed by atoms with van der Waals surface area (Å²) in [7, 11) is 0. The number of hydrogen-bond acceptors (Lipinski definition) is 7. The van der Waals surface area contributed by atoms with E-state index in [0.29, 0.717) is 5.69 Å². The van der Waals surface area contributed by atoms with Crippen molar-refractivity contribution in [3.63, 3.8) is 0 Å². The minimum atomic E-state index is -1.49. The molecule has 0 saturated carbocycles. The van der Waals surface area contributed by atoms with Crippen LogP contribution in [0.5, 0.6) is 0 Å². The van der Waals surface area contributed by atoms with Gasteiger partial charge in [0.25, 0.3) is 5.91 Å². The molecule has 0 unspecified atom stereocenters. The third-order valence-corrected chi connectivity index (χ3v) is 6.01. The van der Waals surface area contributed by atoms with Crippen molar-refractivity contribution in [3.8, 4) is 0 Å². The average Bonchev–Trinajstić information content (AvgIpc) is 2.89. The van der Waals surface area contributed by atoms with Crippen LogP contribution in [0, 0.1) is 6.92 Å². The number of nitrogens with zero attached hydrogens (tertiary/aromatic N) is 2. The van der Waals surface area contributed by atoms with Crippen LogP contribution in [0.1, 0.15) is 10.7 Å². The monoisotopic (exact) mass is 395 g/mol. The maximum absolute atomic E-state index is 12.1. The molecule has 2 aliphatic rings. The van der Waals surface area contributed by atoms with Gasteiger partial charge >= 0.3 is 29.6 Å². The molecule has 0 radical (unpaired) electrons. The van der Waals surface area contributed by atoms with Gasteiger partial charge in [-0.05, 0) is 6.92 Å². The fraction of sp³-hybridized carbons (Fsp3) is 0.385.